The highest BCUT2D eigenvalue weighted by Crippen LogP contribution is 2.25. The van der Waals surface area contributed by atoms with Crippen molar-refractivity contribution in [1.82, 2.24) is 10.3 Å². The number of thiazole rings is 1. The molecule has 3 rings (SSSR count). The van der Waals surface area contributed by atoms with E-state index in [1.165, 1.54) is 43.7 Å². The molecule has 1 aliphatic carbocycles. The predicted molar refractivity (Wildman–Crippen MR) is 83.5 cm³/mol. The summed E-state index contributed by atoms with van der Waals surface area (Å²) < 4.78 is 5.64. The number of anilines is 1. The first-order valence-corrected chi connectivity index (χ1v) is 8.68. The van der Waals surface area contributed by atoms with Gasteiger partial charge in [-0.3, -0.25) is 0 Å². The number of ether oxygens (including phenoxy) is 1. The third kappa shape index (κ3) is 3.32. The molecule has 1 saturated heterocycles. The van der Waals surface area contributed by atoms with Gasteiger partial charge < -0.3 is 15.0 Å². The molecule has 2 atom stereocenters. The van der Waals surface area contributed by atoms with E-state index in [4.69, 9.17) is 4.74 Å². The van der Waals surface area contributed by atoms with Crippen LogP contribution in [0.15, 0.2) is 11.6 Å². The minimum atomic E-state index is 0.417. The lowest BCUT2D eigenvalue weighted by Crippen LogP contribution is -2.51. The van der Waals surface area contributed by atoms with Gasteiger partial charge in [-0.1, -0.05) is 12.8 Å². The van der Waals surface area contributed by atoms with Crippen LogP contribution in [0.25, 0.3) is 0 Å². The van der Waals surface area contributed by atoms with E-state index in [0.717, 1.165) is 13.1 Å². The molecule has 1 aliphatic heterocycles. The second-order valence-corrected chi connectivity index (χ2v) is 6.78. The molecular formula is C15H25N3OS. The summed E-state index contributed by atoms with van der Waals surface area (Å²) >= 11 is 1.74. The molecular weight excluding hydrogens is 270 g/mol. The predicted octanol–water partition coefficient (Wildman–Crippen LogP) is 2.66. The van der Waals surface area contributed by atoms with E-state index >= 15 is 0 Å². The zero-order valence-corrected chi connectivity index (χ0v) is 13.1. The van der Waals surface area contributed by atoms with Crippen molar-refractivity contribution in [3.05, 3.63) is 11.6 Å². The number of methoxy groups -OCH3 is 1. The van der Waals surface area contributed by atoms with E-state index in [0.29, 0.717) is 18.2 Å². The quantitative estimate of drug-likeness (QED) is 0.926. The van der Waals surface area contributed by atoms with Crippen molar-refractivity contribution in [2.45, 2.75) is 56.7 Å². The monoisotopic (exact) mass is 295 g/mol. The summed E-state index contributed by atoms with van der Waals surface area (Å²) in [7, 11) is 1.86. The van der Waals surface area contributed by atoms with Crippen LogP contribution in [0, 0.1) is 0 Å². The largest absolute Gasteiger partial charge is 0.380 e. The molecule has 0 amide bonds. The molecule has 4 nitrogen and oxygen atoms in total. The summed E-state index contributed by atoms with van der Waals surface area (Å²) in [6.07, 6.45) is 9.89. The van der Waals surface area contributed by atoms with E-state index in [1.807, 2.05) is 13.3 Å². The van der Waals surface area contributed by atoms with Gasteiger partial charge in [0.1, 0.15) is 0 Å². The maximum Gasteiger partial charge on any atom is 0.185 e. The average molecular weight is 295 g/mol. The molecule has 112 valence electrons. The zero-order chi connectivity index (χ0) is 13.8. The van der Waals surface area contributed by atoms with Crippen LogP contribution in [0.1, 0.15) is 38.5 Å². The Morgan fingerprint density at radius 2 is 2.05 bits per heavy atom. The summed E-state index contributed by atoms with van der Waals surface area (Å²) in [4.78, 5) is 6.82. The van der Waals surface area contributed by atoms with Crippen LogP contribution < -0.4 is 10.2 Å². The van der Waals surface area contributed by atoms with E-state index in [1.54, 1.807) is 11.3 Å². The number of nitrogens with one attached hydrogen (secondary N) is 1. The number of piperidine rings is 1. The fourth-order valence-corrected chi connectivity index (χ4v) is 4.18. The topological polar surface area (TPSA) is 37.4 Å². The lowest BCUT2D eigenvalue weighted by molar-refractivity contribution is 0.0365. The van der Waals surface area contributed by atoms with Crippen LogP contribution in [0.5, 0.6) is 0 Å². The number of nitrogens with zero attached hydrogens (tertiary/aromatic N) is 2. The van der Waals surface area contributed by atoms with Crippen LogP contribution in [-0.4, -0.2) is 43.4 Å². The molecule has 5 heteroatoms. The molecule has 0 radical (unpaired) electrons. The van der Waals surface area contributed by atoms with Gasteiger partial charge >= 0.3 is 0 Å². The number of rotatable bonds is 4. The van der Waals surface area contributed by atoms with Crippen LogP contribution in [-0.2, 0) is 4.74 Å². The highest BCUT2D eigenvalue weighted by Gasteiger charge is 2.28. The second-order valence-electron chi connectivity index (χ2n) is 5.91. The van der Waals surface area contributed by atoms with Gasteiger partial charge in [-0.15, -0.1) is 11.3 Å². The molecule has 2 heterocycles. The van der Waals surface area contributed by atoms with E-state index < -0.39 is 0 Å². The third-order valence-corrected chi connectivity index (χ3v) is 5.47. The van der Waals surface area contributed by atoms with Crippen molar-refractivity contribution >= 4 is 16.5 Å². The normalized spacial score (nSPS) is 28.8. The summed E-state index contributed by atoms with van der Waals surface area (Å²) in [5.41, 5.74) is 0. The van der Waals surface area contributed by atoms with Crippen LogP contribution in [0.2, 0.25) is 0 Å². The smallest absolute Gasteiger partial charge is 0.185 e. The van der Waals surface area contributed by atoms with Gasteiger partial charge in [0, 0.05) is 43.9 Å². The number of hydrogen-bond acceptors (Lipinski definition) is 5. The molecule has 0 spiro atoms. The van der Waals surface area contributed by atoms with Crippen molar-refractivity contribution in [3.8, 4) is 0 Å². The summed E-state index contributed by atoms with van der Waals surface area (Å²) in [6, 6.07) is 1.21. The van der Waals surface area contributed by atoms with E-state index in [-0.39, 0.29) is 0 Å². The summed E-state index contributed by atoms with van der Waals surface area (Å²) in [6.45, 7) is 2.24. The van der Waals surface area contributed by atoms with Crippen LogP contribution >= 0.6 is 11.3 Å². The van der Waals surface area contributed by atoms with Crippen LogP contribution in [0.3, 0.4) is 0 Å². The zero-order valence-electron chi connectivity index (χ0n) is 12.3. The Bertz CT molecular complexity index is 390. The molecule has 2 fully saturated rings. The van der Waals surface area contributed by atoms with Gasteiger partial charge in [0.25, 0.3) is 0 Å². The second kappa shape index (κ2) is 6.87. The maximum absolute atomic E-state index is 5.64. The highest BCUT2D eigenvalue weighted by molar-refractivity contribution is 7.13. The van der Waals surface area contributed by atoms with Crippen molar-refractivity contribution in [2.24, 2.45) is 0 Å². The molecule has 1 aromatic rings. The van der Waals surface area contributed by atoms with Gasteiger partial charge in [-0.25, -0.2) is 4.98 Å². The standard InChI is InChI=1S/C15H25N3OS/c1-19-14-5-3-2-4-13(14)17-12-6-9-18(10-7-12)15-16-8-11-20-15/h8,11-14,17H,2-7,9-10H2,1H3/t13-,14+/m0/s1. The highest BCUT2D eigenvalue weighted by atomic mass is 32.1. The Balaban J connectivity index is 1.48. The van der Waals surface area contributed by atoms with E-state index in [9.17, 15) is 0 Å². The first-order valence-electron chi connectivity index (χ1n) is 7.80. The minimum absolute atomic E-state index is 0.417. The Kier molecular flexibility index (Phi) is 4.91. The van der Waals surface area contributed by atoms with Crippen molar-refractivity contribution in [1.29, 1.82) is 0 Å². The molecule has 2 aliphatic rings. The summed E-state index contributed by atoms with van der Waals surface area (Å²) in [5.74, 6) is 0. The van der Waals surface area contributed by atoms with Gasteiger partial charge in [0.15, 0.2) is 5.13 Å². The third-order valence-electron chi connectivity index (χ3n) is 4.64. The Morgan fingerprint density at radius 1 is 1.25 bits per heavy atom. The van der Waals surface area contributed by atoms with Gasteiger partial charge in [-0.05, 0) is 25.7 Å². The van der Waals surface area contributed by atoms with Gasteiger partial charge in [0.2, 0.25) is 0 Å². The van der Waals surface area contributed by atoms with Crippen molar-refractivity contribution in [3.63, 3.8) is 0 Å². The van der Waals surface area contributed by atoms with E-state index in [2.05, 4.69) is 20.6 Å². The Morgan fingerprint density at radius 3 is 2.75 bits per heavy atom. The van der Waals surface area contributed by atoms with Crippen molar-refractivity contribution < 1.29 is 4.74 Å². The van der Waals surface area contributed by atoms with Crippen LogP contribution in [0.4, 0.5) is 5.13 Å². The first kappa shape index (κ1) is 14.3. The number of hydrogen-bond donors (Lipinski definition) is 1. The fourth-order valence-electron chi connectivity index (χ4n) is 3.48. The van der Waals surface area contributed by atoms with Gasteiger partial charge in [-0.2, -0.15) is 0 Å². The Labute approximate surface area is 125 Å². The SMILES string of the molecule is CO[C@@H]1CCCC[C@@H]1NC1CCN(c2nccs2)CC1. The first-order chi connectivity index (χ1) is 9.86. The Hall–Kier alpha value is -0.650. The molecule has 1 aromatic heterocycles. The fraction of sp³-hybridized carbons (Fsp3) is 0.800. The molecule has 20 heavy (non-hydrogen) atoms. The minimum Gasteiger partial charge on any atom is -0.380 e. The molecule has 1 N–H and O–H groups in total. The molecule has 0 unspecified atom stereocenters. The summed E-state index contributed by atoms with van der Waals surface area (Å²) in [5, 5.41) is 7.09. The number of aromatic nitrogens is 1. The lowest BCUT2D eigenvalue weighted by Gasteiger charge is -2.38. The maximum atomic E-state index is 5.64. The molecule has 1 saturated carbocycles. The van der Waals surface area contributed by atoms with Gasteiger partial charge in [0.05, 0.1) is 6.10 Å². The molecule has 0 bridgehead atoms. The lowest BCUT2D eigenvalue weighted by atomic mass is 9.91. The van der Waals surface area contributed by atoms with Crippen molar-refractivity contribution in [2.75, 3.05) is 25.1 Å². The average Bonchev–Trinajstić information content (AvgIpc) is 3.03. The molecule has 0 aromatic carbocycles.